The number of amides is 1. The van der Waals surface area contributed by atoms with Crippen LogP contribution in [0.25, 0.3) is 11.3 Å². The molecule has 0 saturated carbocycles. The third-order valence-electron chi connectivity index (χ3n) is 6.28. The molecular formula is C27H27FN4O3. The van der Waals surface area contributed by atoms with Crippen LogP contribution in [-0.4, -0.2) is 38.2 Å². The van der Waals surface area contributed by atoms with Crippen LogP contribution in [0.4, 0.5) is 9.18 Å². The highest BCUT2D eigenvalue weighted by molar-refractivity contribution is 5.70. The monoisotopic (exact) mass is 474 g/mol. The molecule has 2 atom stereocenters. The second kappa shape index (κ2) is 9.43. The SMILES string of the molecule is C[C@@H](c1ccc(-c2cnc(C#N)cn2)cc1)N1CCC(CC(C)(C)O)(c2ccc(F)cc2)OC1=O. The van der Waals surface area contributed by atoms with Gasteiger partial charge in [0.15, 0.2) is 5.69 Å². The van der Waals surface area contributed by atoms with Gasteiger partial charge in [0.25, 0.3) is 0 Å². The van der Waals surface area contributed by atoms with Gasteiger partial charge in [0, 0.05) is 24.9 Å². The number of carbonyl (C=O) groups excluding carboxylic acids is 1. The number of ether oxygens (including phenoxy) is 1. The summed E-state index contributed by atoms with van der Waals surface area (Å²) in [7, 11) is 0. The van der Waals surface area contributed by atoms with Crippen LogP contribution in [0.15, 0.2) is 60.9 Å². The number of aromatic nitrogens is 2. The molecule has 0 bridgehead atoms. The van der Waals surface area contributed by atoms with Gasteiger partial charge in [-0.1, -0.05) is 36.4 Å². The first kappa shape index (κ1) is 24.3. The maximum absolute atomic E-state index is 13.5. The number of rotatable bonds is 6. The zero-order valence-corrected chi connectivity index (χ0v) is 19.9. The van der Waals surface area contributed by atoms with Crippen molar-refractivity contribution in [2.24, 2.45) is 0 Å². The maximum Gasteiger partial charge on any atom is 0.411 e. The molecule has 0 aliphatic carbocycles. The zero-order chi connectivity index (χ0) is 25.2. The Kier molecular flexibility index (Phi) is 6.55. The van der Waals surface area contributed by atoms with E-state index in [-0.39, 0.29) is 24.0 Å². The Morgan fingerprint density at radius 2 is 1.86 bits per heavy atom. The molecule has 3 aromatic rings. The Hall–Kier alpha value is -3.83. The summed E-state index contributed by atoms with van der Waals surface area (Å²) in [6.45, 7) is 5.68. The van der Waals surface area contributed by atoms with E-state index in [0.29, 0.717) is 24.2 Å². The first-order valence-corrected chi connectivity index (χ1v) is 11.4. The van der Waals surface area contributed by atoms with Gasteiger partial charge in [-0.15, -0.1) is 0 Å². The average Bonchev–Trinajstić information content (AvgIpc) is 2.83. The molecule has 1 aliphatic heterocycles. The van der Waals surface area contributed by atoms with Crippen molar-refractivity contribution >= 4 is 6.09 Å². The highest BCUT2D eigenvalue weighted by atomic mass is 19.1. The molecule has 1 aliphatic rings. The van der Waals surface area contributed by atoms with E-state index in [0.717, 1.165) is 11.1 Å². The molecule has 1 aromatic heterocycles. The van der Waals surface area contributed by atoms with Gasteiger partial charge in [0.2, 0.25) is 0 Å². The predicted octanol–water partition coefficient (Wildman–Crippen LogP) is 5.11. The molecule has 180 valence electrons. The van der Waals surface area contributed by atoms with Crippen molar-refractivity contribution in [3.8, 4) is 17.3 Å². The van der Waals surface area contributed by atoms with Crippen molar-refractivity contribution < 1.29 is 19.0 Å². The molecule has 1 fully saturated rings. The van der Waals surface area contributed by atoms with E-state index >= 15 is 0 Å². The summed E-state index contributed by atoms with van der Waals surface area (Å²) in [5.41, 5.74) is 1.20. The summed E-state index contributed by atoms with van der Waals surface area (Å²) < 4.78 is 19.5. The molecule has 7 nitrogen and oxygen atoms in total. The van der Waals surface area contributed by atoms with Crippen LogP contribution in [0, 0.1) is 17.1 Å². The Labute approximate surface area is 203 Å². The molecule has 0 radical (unpaired) electrons. The summed E-state index contributed by atoms with van der Waals surface area (Å²) in [4.78, 5) is 23.2. The Bertz CT molecular complexity index is 1230. The Morgan fingerprint density at radius 3 is 2.40 bits per heavy atom. The molecule has 8 heteroatoms. The topological polar surface area (TPSA) is 99.3 Å². The Morgan fingerprint density at radius 1 is 1.17 bits per heavy atom. The van der Waals surface area contributed by atoms with Crippen LogP contribution >= 0.6 is 0 Å². The lowest BCUT2D eigenvalue weighted by Crippen LogP contribution is -2.51. The molecule has 35 heavy (non-hydrogen) atoms. The second-order valence-corrected chi connectivity index (χ2v) is 9.50. The van der Waals surface area contributed by atoms with Crippen LogP contribution < -0.4 is 0 Å². The van der Waals surface area contributed by atoms with E-state index in [2.05, 4.69) is 9.97 Å². The molecule has 2 heterocycles. The number of carbonyl (C=O) groups is 1. The molecule has 0 spiro atoms. The number of benzene rings is 2. The van der Waals surface area contributed by atoms with E-state index < -0.39 is 17.3 Å². The highest BCUT2D eigenvalue weighted by Gasteiger charge is 2.46. The van der Waals surface area contributed by atoms with Gasteiger partial charge in [0.05, 0.1) is 29.7 Å². The lowest BCUT2D eigenvalue weighted by atomic mass is 9.80. The smallest absolute Gasteiger partial charge is 0.411 e. The van der Waals surface area contributed by atoms with Crippen molar-refractivity contribution in [3.63, 3.8) is 0 Å². The summed E-state index contributed by atoms with van der Waals surface area (Å²) >= 11 is 0. The largest absolute Gasteiger partial charge is 0.438 e. The van der Waals surface area contributed by atoms with Crippen molar-refractivity contribution in [3.05, 3.63) is 83.6 Å². The third kappa shape index (κ3) is 5.31. The zero-order valence-electron chi connectivity index (χ0n) is 19.9. The van der Waals surface area contributed by atoms with Crippen LogP contribution in [-0.2, 0) is 10.3 Å². The minimum atomic E-state index is -1.09. The molecule has 1 saturated heterocycles. The first-order chi connectivity index (χ1) is 16.6. The van der Waals surface area contributed by atoms with E-state index in [1.807, 2.05) is 37.3 Å². The van der Waals surface area contributed by atoms with Crippen molar-refractivity contribution in [2.45, 2.75) is 50.9 Å². The van der Waals surface area contributed by atoms with Crippen LogP contribution in [0.5, 0.6) is 0 Å². The average molecular weight is 475 g/mol. The molecule has 1 N–H and O–H groups in total. The summed E-state index contributed by atoms with van der Waals surface area (Å²) in [5, 5.41) is 19.4. The number of nitriles is 1. The van der Waals surface area contributed by atoms with Crippen LogP contribution in [0.3, 0.4) is 0 Å². The quantitative estimate of drug-likeness (QED) is 0.533. The minimum Gasteiger partial charge on any atom is -0.438 e. The van der Waals surface area contributed by atoms with Gasteiger partial charge in [-0.05, 0) is 44.0 Å². The van der Waals surface area contributed by atoms with Crippen LogP contribution in [0.2, 0.25) is 0 Å². The Balaban J connectivity index is 1.53. The number of hydrogen-bond acceptors (Lipinski definition) is 6. The van der Waals surface area contributed by atoms with Gasteiger partial charge < -0.3 is 14.7 Å². The number of nitrogens with zero attached hydrogens (tertiary/aromatic N) is 4. The van der Waals surface area contributed by atoms with Gasteiger partial charge in [-0.3, -0.25) is 4.98 Å². The maximum atomic E-state index is 13.5. The fourth-order valence-corrected chi connectivity index (χ4v) is 4.55. The van der Waals surface area contributed by atoms with E-state index in [1.165, 1.54) is 18.3 Å². The fraction of sp³-hybridized carbons (Fsp3) is 0.333. The lowest BCUT2D eigenvalue weighted by molar-refractivity contribution is -0.101. The molecule has 1 amide bonds. The summed E-state index contributed by atoms with van der Waals surface area (Å²) in [5.74, 6) is -0.375. The normalized spacial score (nSPS) is 19.1. The number of aliphatic hydroxyl groups is 1. The number of cyclic esters (lactones) is 1. The molecule has 1 unspecified atom stereocenters. The lowest BCUT2D eigenvalue weighted by Gasteiger charge is -2.45. The van der Waals surface area contributed by atoms with E-state index in [9.17, 15) is 14.3 Å². The molecular weight excluding hydrogens is 447 g/mol. The van der Waals surface area contributed by atoms with E-state index in [4.69, 9.17) is 10.00 Å². The van der Waals surface area contributed by atoms with Gasteiger partial charge in [-0.25, -0.2) is 14.2 Å². The predicted molar refractivity (Wildman–Crippen MR) is 127 cm³/mol. The second-order valence-electron chi connectivity index (χ2n) is 9.50. The van der Waals surface area contributed by atoms with Gasteiger partial charge in [0.1, 0.15) is 17.5 Å². The van der Waals surface area contributed by atoms with Gasteiger partial charge in [-0.2, -0.15) is 5.26 Å². The third-order valence-corrected chi connectivity index (χ3v) is 6.28. The number of halogens is 1. The number of hydrogen-bond donors (Lipinski definition) is 1. The molecule has 2 aromatic carbocycles. The fourth-order valence-electron chi connectivity index (χ4n) is 4.55. The van der Waals surface area contributed by atoms with Crippen molar-refractivity contribution in [2.75, 3.05) is 6.54 Å². The summed E-state index contributed by atoms with van der Waals surface area (Å²) in [6.07, 6.45) is 3.14. The van der Waals surface area contributed by atoms with Crippen LogP contribution in [0.1, 0.15) is 56.5 Å². The molecule has 4 rings (SSSR count). The first-order valence-electron chi connectivity index (χ1n) is 11.4. The van der Waals surface area contributed by atoms with E-state index in [1.54, 1.807) is 37.1 Å². The highest BCUT2D eigenvalue weighted by Crippen LogP contribution is 2.42. The minimum absolute atomic E-state index is 0.194. The van der Waals surface area contributed by atoms with Crippen molar-refractivity contribution in [1.82, 2.24) is 14.9 Å². The summed E-state index contributed by atoms with van der Waals surface area (Å²) in [6, 6.07) is 15.2. The van der Waals surface area contributed by atoms with Crippen molar-refractivity contribution in [1.29, 1.82) is 5.26 Å². The standard InChI is InChI=1S/C27H27FN4O3/c1-18(19-4-6-20(7-5-19)24-16-30-23(14-29)15-31-24)32-13-12-27(35-25(32)33,17-26(2,3)34)21-8-10-22(28)11-9-21/h4-11,15-16,18,34H,12-13,17H2,1-3H3/t18-,27?/m0/s1. The van der Waals surface area contributed by atoms with Gasteiger partial charge >= 0.3 is 6.09 Å².